The van der Waals surface area contributed by atoms with Gasteiger partial charge in [-0.1, -0.05) is 0 Å². The second-order valence-corrected chi connectivity index (χ2v) is 4.57. The van der Waals surface area contributed by atoms with Crippen molar-refractivity contribution in [3.63, 3.8) is 0 Å². The van der Waals surface area contributed by atoms with Crippen molar-refractivity contribution in [3.8, 4) is 0 Å². The van der Waals surface area contributed by atoms with E-state index in [1.54, 1.807) is 12.1 Å². The summed E-state index contributed by atoms with van der Waals surface area (Å²) in [5.74, 6) is -0.121. The van der Waals surface area contributed by atoms with Crippen LogP contribution in [0.25, 0.3) is 0 Å². The zero-order chi connectivity index (χ0) is 12.8. The van der Waals surface area contributed by atoms with Gasteiger partial charge in [0.25, 0.3) is 5.69 Å². The fraction of sp³-hybridized carbons (Fsp3) is 0.300. The highest BCUT2D eigenvalue weighted by Crippen LogP contribution is 2.25. The van der Waals surface area contributed by atoms with Gasteiger partial charge in [0.15, 0.2) is 0 Å². The van der Waals surface area contributed by atoms with Crippen molar-refractivity contribution in [2.24, 2.45) is 0 Å². The summed E-state index contributed by atoms with van der Waals surface area (Å²) in [5, 5.41) is 16.3. The number of nitrogens with one attached hydrogen (secondary N) is 2. The molecular formula is C10H12IN3O3. The molecule has 0 unspecified atom stereocenters. The molecule has 17 heavy (non-hydrogen) atoms. The molecule has 1 rings (SSSR count). The fourth-order valence-corrected chi connectivity index (χ4v) is 1.72. The molecule has 1 aromatic rings. The normalized spacial score (nSPS) is 9.76. The van der Waals surface area contributed by atoms with Gasteiger partial charge in [0.05, 0.1) is 4.92 Å². The van der Waals surface area contributed by atoms with Crippen LogP contribution < -0.4 is 10.6 Å². The van der Waals surface area contributed by atoms with E-state index in [1.807, 2.05) is 22.6 Å². The van der Waals surface area contributed by atoms with Crippen molar-refractivity contribution >= 4 is 39.9 Å². The van der Waals surface area contributed by atoms with E-state index < -0.39 is 4.92 Å². The van der Waals surface area contributed by atoms with E-state index in [4.69, 9.17) is 0 Å². The number of carbonyl (C=O) groups is 1. The number of anilines is 1. The number of hydrogen-bond acceptors (Lipinski definition) is 4. The monoisotopic (exact) mass is 349 g/mol. The topological polar surface area (TPSA) is 84.3 Å². The number of benzene rings is 1. The highest BCUT2D eigenvalue weighted by molar-refractivity contribution is 14.1. The lowest BCUT2D eigenvalue weighted by Gasteiger charge is -2.07. The molecule has 2 N–H and O–H groups in total. The van der Waals surface area contributed by atoms with Crippen molar-refractivity contribution < 1.29 is 9.72 Å². The van der Waals surface area contributed by atoms with Gasteiger partial charge in [-0.15, -0.1) is 0 Å². The number of nitro benzene ring substituents is 1. The predicted molar refractivity (Wildman–Crippen MR) is 73.0 cm³/mol. The Labute approximate surface area is 112 Å². The summed E-state index contributed by atoms with van der Waals surface area (Å²) in [4.78, 5) is 21.0. The molecule has 0 atom stereocenters. The molecule has 0 bridgehead atoms. The quantitative estimate of drug-likeness (QED) is 0.367. The molecule has 0 spiro atoms. The minimum absolute atomic E-state index is 0.0414. The Morgan fingerprint density at radius 3 is 2.76 bits per heavy atom. The third kappa shape index (κ3) is 4.55. The van der Waals surface area contributed by atoms with Crippen LogP contribution in [-0.4, -0.2) is 23.9 Å². The van der Waals surface area contributed by atoms with Gasteiger partial charge in [-0.3, -0.25) is 14.9 Å². The van der Waals surface area contributed by atoms with Crippen LogP contribution in [0.15, 0.2) is 18.2 Å². The van der Waals surface area contributed by atoms with Gasteiger partial charge in [-0.05, 0) is 34.7 Å². The van der Waals surface area contributed by atoms with Crippen LogP contribution in [0.1, 0.15) is 6.92 Å². The molecule has 0 radical (unpaired) electrons. The molecule has 0 heterocycles. The zero-order valence-electron chi connectivity index (χ0n) is 9.20. The maximum absolute atomic E-state index is 10.8. The van der Waals surface area contributed by atoms with Crippen LogP contribution >= 0.6 is 22.6 Å². The van der Waals surface area contributed by atoms with Gasteiger partial charge in [0, 0.05) is 29.6 Å². The molecule has 92 valence electrons. The van der Waals surface area contributed by atoms with Crippen LogP contribution in [0.5, 0.6) is 0 Å². The molecule has 0 aromatic heterocycles. The summed E-state index contributed by atoms with van der Waals surface area (Å²) in [7, 11) is 0. The minimum Gasteiger partial charge on any atom is -0.378 e. The van der Waals surface area contributed by atoms with Crippen LogP contribution in [-0.2, 0) is 4.79 Å². The summed E-state index contributed by atoms with van der Waals surface area (Å²) >= 11 is 2.02. The maximum atomic E-state index is 10.8. The predicted octanol–water partition coefficient (Wildman–Crippen LogP) is 1.75. The second-order valence-electron chi connectivity index (χ2n) is 3.33. The van der Waals surface area contributed by atoms with E-state index >= 15 is 0 Å². The van der Waals surface area contributed by atoms with Crippen molar-refractivity contribution in [1.29, 1.82) is 0 Å². The molecule has 6 nitrogen and oxygen atoms in total. The molecule has 0 aliphatic heterocycles. The third-order valence-corrected chi connectivity index (χ3v) is 2.64. The molecule has 7 heteroatoms. The molecular weight excluding hydrogens is 337 g/mol. The van der Waals surface area contributed by atoms with Gasteiger partial charge in [-0.25, -0.2) is 0 Å². The molecule has 1 amide bonds. The van der Waals surface area contributed by atoms with Gasteiger partial charge in [0.1, 0.15) is 5.69 Å². The largest absolute Gasteiger partial charge is 0.378 e. The van der Waals surface area contributed by atoms with E-state index in [2.05, 4.69) is 10.6 Å². The van der Waals surface area contributed by atoms with Gasteiger partial charge in [0.2, 0.25) is 5.91 Å². The van der Waals surface area contributed by atoms with E-state index in [1.165, 1.54) is 13.0 Å². The SMILES string of the molecule is CC(=O)NCCNc1ccc(I)cc1[N+](=O)[O-]. The summed E-state index contributed by atoms with van der Waals surface area (Å²) in [5.41, 5.74) is 0.500. The molecule has 1 aromatic carbocycles. The lowest BCUT2D eigenvalue weighted by atomic mass is 10.2. The summed E-state index contributed by atoms with van der Waals surface area (Å²) < 4.78 is 0.807. The van der Waals surface area contributed by atoms with Crippen molar-refractivity contribution in [2.45, 2.75) is 6.92 Å². The number of nitrogens with zero attached hydrogens (tertiary/aromatic N) is 1. The first-order valence-electron chi connectivity index (χ1n) is 4.93. The van der Waals surface area contributed by atoms with Gasteiger partial charge >= 0.3 is 0 Å². The number of amides is 1. The van der Waals surface area contributed by atoms with E-state index in [0.29, 0.717) is 18.8 Å². The number of nitro groups is 1. The lowest BCUT2D eigenvalue weighted by Crippen LogP contribution is -2.26. The Hall–Kier alpha value is -1.38. The average molecular weight is 349 g/mol. The molecule has 0 saturated carbocycles. The van der Waals surface area contributed by atoms with E-state index in [9.17, 15) is 14.9 Å². The molecule has 0 saturated heterocycles. The number of carbonyl (C=O) groups excluding carboxylic acids is 1. The Bertz CT molecular complexity index is 437. The number of halogens is 1. The summed E-state index contributed by atoms with van der Waals surface area (Å²) in [6.07, 6.45) is 0. The molecule has 0 aliphatic carbocycles. The Kier molecular flexibility index (Phi) is 5.13. The molecule has 0 aliphatic rings. The Morgan fingerprint density at radius 1 is 1.47 bits per heavy atom. The Balaban J connectivity index is 2.64. The van der Waals surface area contributed by atoms with Crippen molar-refractivity contribution in [2.75, 3.05) is 18.4 Å². The summed E-state index contributed by atoms with van der Waals surface area (Å²) in [6.45, 7) is 2.30. The highest BCUT2D eigenvalue weighted by Gasteiger charge is 2.13. The second kappa shape index (κ2) is 6.38. The highest BCUT2D eigenvalue weighted by atomic mass is 127. The Morgan fingerprint density at radius 2 is 2.18 bits per heavy atom. The van der Waals surface area contributed by atoms with Gasteiger partial charge in [-0.2, -0.15) is 0 Å². The molecule has 0 fully saturated rings. The van der Waals surface area contributed by atoms with Gasteiger partial charge < -0.3 is 10.6 Å². The smallest absolute Gasteiger partial charge is 0.293 e. The minimum atomic E-state index is -0.428. The lowest BCUT2D eigenvalue weighted by molar-refractivity contribution is -0.384. The van der Waals surface area contributed by atoms with Crippen molar-refractivity contribution in [1.82, 2.24) is 5.32 Å². The standard InChI is InChI=1S/C10H12IN3O3/c1-7(15)12-4-5-13-9-3-2-8(11)6-10(9)14(16)17/h2-3,6,13H,4-5H2,1H3,(H,12,15). The fourth-order valence-electron chi connectivity index (χ4n) is 1.24. The first kappa shape index (κ1) is 13.7. The average Bonchev–Trinajstić information content (AvgIpc) is 2.25. The number of rotatable bonds is 5. The number of hydrogen-bond donors (Lipinski definition) is 2. The first-order chi connectivity index (χ1) is 8.00. The van der Waals surface area contributed by atoms with E-state index in [0.717, 1.165) is 3.57 Å². The van der Waals surface area contributed by atoms with Crippen LogP contribution in [0.3, 0.4) is 0 Å². The van der Waals surface area contributed by atoms with Crippen molar-refractivity contribution in [3.05, 3.63) is 31.9 Å². The van der Waals surface area contributed by atoms with Crippen LogP contribution in [0, 0.1) is 13.7 Å². The van der Waals surface area contributed by atoms with E-state index in [-0.39, 0.29) is 11.6 Å². The summed E-state index contributed by atoms with van der Waals surface area (Å²) in [6, 6.07) is 4.95. The first-order valence-corrected chi connectivity index (χ1v) is 6.01. The third-order valence-electron chi connectivity index (χ3n) is 1.97. The van der Waals surface area contributed by atoms with Crippen LogP contribution in [0.4, 0.5) is 11.4 Å². The maximum Gasteiger partial charge on any atom is 0.293 e. The zero-order valence-corrected chi connectivity index (χ0v) is 11.4. The van der Waals surface area contributed by atoms with Crippen LogP contribution in [0.2, 0.25) is 0 Å².